The number of aliphatic carboxylic acids is 1. The molecule has 1 aromatic carbocycles. The quantitative estimate of drug-likeness (QED) is 0.444. The van der Waals surface area contributed by atoms with Gasteiger partial charge in [-0.3, -0.25) is 19.3 Å². The van der Waals surface area contributed by atoms with Gasteiger partial charge in [0.25, 0.3) is 11.1 Å². The van der Waals surface area contributed by atoms with Crippen LogP contribution in [0.25, 0.3) is 6.08 Å². The van der Waals surface area contributed by atoms with Gasteiger partial charge in [-0.2, -0.15) is 0 Å². The highest BCUT2D eigenvalue weighted by Crippen LogP contribution is 2.34. The molecule has 1 saturated heterocycles. The van der Waals surface area contributed by atoms with E-state index in [9.17, 15) is 19.2 Å². The van der Waals surface area contributed by atoms with Crippen molar-refractivity contribution in [1.82, 2.24) is 4.90 Å². The van der Waals surface area contributed by atoms with Crippen molar-refractivity contribution in [2.75, 3.05) is 13.7 Å². The molecule has 1 fully saturated rings. The second-order valence-electron chi connectivity index (χ2n) is 6.64. The lowest BCUT2D eigenvalue weighted by Gasteiger charge is -2.19. The van der Waals surface area contributed by atoms with E-state index in [0.717, 1.165) is 0 Å². The number of carboxylic acids is 1. The van der Waals surface area contributed by atoms with E-state index in [0.29, 0.717) is 22.2 Å². The van der Waals surface area contributed by atoms with Gasteiger partial charge in [-0.1, -0.05) is 6.07 Å². The fraction of sp³-hybridized carbons (Fsp3) is 0.333. The standard InChI is InChI=1S/C18H19NO8S/c1-18(2,3)27-17(24)26-11-6-5-10(7-12(11)25-4)8-13-15(22)19(9-14(20)21)16(23)28-13/h5-8H,9H2,1-4H3,(H,20,21). The Bertz CT molecular complexity index is 856. The van der Waals surface area contributed by atoms with Crippen LogP contribution >= 0.6 is 11.8 Å². The van der Waals surface area contributed by atoms with Crippen LogP contribution in [0.2, 0.25) is 0 Å². The highest BCUT2D eigenvalue weighted by atomic mass is 32.2. The van der Waals surface area contributed by atoms with Gasteiger partial charge in [-0.25, -0.2) is 4.79 Å². The summed E-state index contributed by atoms with van der Waals surface area (Å²) >= 11 is 0.642. The molecule has 0 atom stereocenters. The topological polar surface area (TPSA) is 119 Å². The Kier molecular flexibility index (Phi) is 6.34. The number of thioether (sulfide) groups is 1. The Balaban J connectivity index is 2.21. The van der Waals surface area contributed by atoms with Crippen LogP contribution in [0.4, 0.5) is 9.59 Å². The average Bonchev–Trinajstić information content (AvgIpc) is 2.81. The van der Waals surface area contributed by atoms with Gasteiger partial charge >= 0.3 is 12.1 Å². The predicted octanol–water partition coefficient (Wildman–Crippen LogP) is 3.13. The van der Waals surface area contributed by atoms with Crippen molar-refractivity contribution in [3.8, 4) is 11.5 Å². The first kappa shape index (κ1) is 21.3. The molecule has 0 bridgehead atoms. The molecule has 150 valence electrons. The van der Waals surface area contributed by atoms with E-state index < -0.39 is 35.4 Å². The minimum absolute atomic E-state index is 0.0779. The molecule has 0 saturated carbocycles. The van der Waals surface area contributed by atoms with Gasteiger partial charge in [-0.05, 0) is 56.3 Å². The molecule has 28 heavy (non-hydrogen) atoms. The third-order valence-electron chi connectivity index (χ3n) is 3.24. The van der Waals surface area contributed by atoms with Gasteiger partial charge < -0.3 is 19.3 Å². The van der Waals surface area contributed by atoms with E-state index in [1.807, 2.05) is 0 Å². The van der Waals surface area contributed by atoms with E-state index in [-0.39, 0.29) is 16.4 Å². The maximum atomic E-state index is 12.2. The van der Waals surface area contributed by atoms with E-state index in [1.54, 1.807) is 26.8 Å². The number of carbonyl (C=O) groups excluding carboxylic acids is 3. The molecule has 0 unspecified atom stereocenters. The van der Waals surface area contributed by atoms with Gasteiger partial charge in [0.1, 0.15) is 12.1 Å². The zero-order chi connectivity index (χ0) is 21.1. The summed E-state index contributed by atoms with van der Waals surface area (Å²) in [7, 11) is 1.38. The molecule has 10 heteroatoms. The van der Waals surface area contributed by atoms with Crippen molar-refractivity contribution < 1.29 is 38.5 Å². The van der Waals surface area contributed by atoms with Gasteiger partial charge in [0, 0.05) is 0 Å². The van der Waals surface area contributed by atoms with E-state index in [2.05, 4.69) is 0 Å². The number of imide groups is 1. The molecule has 0 aliphatic carbocycles. The highest BCUT2D eigenvalue weighted by Gasteiger charge is 2.36. The lowest BCUT2D eigenvalue weighted by atomic mass is 10.2. The first-order valence-corrected chi connectivity index (χ1v) is 8.88. The number of rotatable bonds is 5. The average molecular weight is 409 g/mol. The third-order valence-corrected chi connectivity index (χ3v) is 4.14. The van der Waals surface area contributed by atoms with Crippen LogP contribution in [0.1, 0.15) is 26.3 Å². The number of methoxy groups -OCH3 is 1. The molecule has 1 aliphatic rings. The summed E-state index contributed by atoms with van der Waals surface area (Å²) < 4.78 is 15.4. The summed E-state index contributed by atoms with van der Waals surface area (Å²) in [5.41, 5.74) is -0.225. The van der Waals surface area contributed by atoms with Crippen molar-refractivity contribution >= 4 is 41.1 Å². The summed E-state index contributed by atoms with van der Waals surface area (Å²) in [4.78, 5) is 47.3. The minimum Gasteiger partial charge on any atom is -0.493 e. The molecule has 2 amide bonds. The van der Waals surface area contributed by atoms with Gasteiger partial charge in [-0.15, -0.1) is 0 Å². The van der Waals surface area contributed by atoms with Crippen molar-refractivity contribution in [3.63, 3.8) is 0 Å². The summed E-state index contributed by atoms with van der Waals surface area (Å²) in [6, 6.07) is 4.51. The van der Waals surface area contributed by atoms with Crippen LogP contribution in [0, 0.1) is 0 Å². The fourth-order valence-corrected chi connectivity index (χ4v) is 2.98. The molecule has 1 N–H and O–H groups in total. The Morgan fingerprint density at radius 2 is 1.89 bits per heavy atom. The number of carbonyl (C=O) groups is 4. The van der Waals surface area contributed by atoms with E-state index >= 15 is 0 Å². The molecule has 1 aliphatic heterocycles. The van der Waals surface area contributed by atoms with Crippen LogP contribution < -0.4 is 9.47 Å². The van der Waals surface area contributed by atoms with Crippen molar-refractivity contribution in [2.45, 2.75) is 26.4 Å². The number of hydrogen-bond donors (Lipinski definition) is 1. The Labute approximate surface area is 165 Å². The van der Waals surface area contributed by atoms with Crippen molar-refractivity contribution in [1.29, 1.82) is 0 Å². The molecule has 2 rings (SSSR count). The predicted molar refractivity (Wildman–Crippen MR) is 100 cm³/mol. The number of ether oxygens (including phenoxy) is 3. The first-order valence-electron chi connectivity index (χ1n) is 8.06. The van der Waals surface area contributed by atoms with Crippen LogP contribution in [-0.2, 0) is 14.3 Å². The number of hydrogen-bond acceptors (Lipinski definition) is 8. The summed E-state index contributed by atoms with van der Waals surface area (Å²) in [5.74, 6) is -1.64. The SMILES string of the molecule is COc1cc(C=C2SC(=O)N(CC(=O)O)C2=O)ccc1OC(=O)OC(C)(C)C. The molecule has 0 spiro atoms. The summed E-state index contributed by atoms with van der Waals surface area (Å²) in [6.07, 6.45) is 0.528. The van der Waals surface area contributed by atoms with E-state index in [4.69, 9.17) is 19.3 Å². The molecule has 9 nitrogen and oxygen atoms in total. The smallest absolute Gasteiger partial charge is 0.493 e. The number of carboxylic acid groups (broad SMARTS) is 1. The largest absolute Gasteiger partial charge is 0.514 e. The molecule has 0 radical (unpaired) electrons. The molecular weight excluding hydrogens is 390 g/mol. The maximum Gasteiger partial charge on any atom is 0.514 e. The van der Waals surface area contributed by atoms with Crippen LogP contribution in [0.3, 0.4) is 0 Å². The number of benzene rings is 1. The van der Waals surface area contributed by atoms with Crippen LogP contribution in [0.5, 0.6) is 11.5 Å². The minimum atomic E-state index is -1.28. The third kappa shape index (κ3) is 5.49. The lowest BCUT2D eigenvalue weighted by Crippen LogP contribution is -2.33. The van der Waals surface area contributed by atoms with Crippen LogP contribution in [0.15, 0.2) is 23.1 Å². The summed E-state index contributed by atoms with van der Waals surface area (Å²) in [6.45, 7) is 4.40. The van der Waals surface area contributed by atoms with E-state index in [1.165, 1.54) is 25.3 Å². The zero-order valence-electron chi connectivity index (χ0n) is 15.7. The van der Waals surface area contributed by atoms with Crippen molar-refractivity contribution in [2.24, 2.45) is 0 Å². The lowest BCUT2D eigenvalue weighted by molar-refractivity contribution is -0.140. The zero-order valence-corrected chi connectivity index (χ0v) is 16.5. The van der Waals surface area contributed by atoms with Crippen molar-refractivity contribution in [3.05, 3.63) is 28.7 Å². The second-order valence-corrected chi connectivity index (χ2v) is 7.63. The first-order chi connectivity index (χ1) is 13.0. The van der Waals surface area contributed by atoms with Gasteiger partial charge in [0.15, 0.2) is 11.5 Å². The summed E-state index contributed by atoms with van der Waals surface area (Å²) in [5, 5.41) is 8.13. The molecule has 1 aromatic rings. The Morgan fingerprint density at radius 1 is 1.21 bits per heavy atom. The number of amides is 2. The number of nitrogens with zero attached hydrogens (tertiary/aromatic N) is 1. The Hall–Kier alpha value is -3.01. The van der Waals surface area contributed by atoms with Crippen LogP contribution in [-0.4, -0.2) is 52.5 Å². The van der Waals surface area contributed by atoms with Gasteiger partial charge in [0.05, 0.1) is 12.0 Å². The fourth-order valence-electron chi connectivity index (χ4n) is 2.14. The van der Waals surface area contributed by atoms with Gasteiger partial charge in [0.2, 0.25) is 0 Å². The highest BCUT2D eigenvalue weighted by molar-refractivity contribution is 8.18. The molecular formula is C18H19NO8S. The second kappa shape index (κ2) is 8.34. The molecule has 1 heterocycles. The monoisotopic (exact) mass is 409 g/mol. The maximum absolute atomic E-state index is 12.2. The normalized spacial score (nSPS) is 15.7. The molecule has 0 aromatic heterocycles. The Morgan fingerprint density at radius 3 is 2.46 bits per heavy atom.